The fourth-order valence-electron chi connectivity index (χ4n) is 1.81. The number of hydrogen-bond acceptors (Lipinski definition) is 5. The molecule has 0 saturated heterocycles. The van der Waals surface area contributed by atoms with Crippen LogP contribution in [0.5, 0.6) is 0 Å². The van der Waals surface area contributed by atoms with Crippen molar-refractivity contribution in [2.45, 2.75) is 33.4 Å². The third-order valence-electron chi connectivity index (χ3n) is 2.65. The molecule has 1 unspecified atom stereocenters. The van der Waals surface area contributed by atoms with E-state index in [0.717, 1.165) is 5.69 Å². The van der Waals surface area contributed by atoms with Gasteiger partial charge in [0.05, 0.1) is 12.2 Å². The highest BCUT2D eigenvalue weighted by Gasteiger charge is 2.12. The Labute approximate surface area is 100 Å². The maximum Gasteiger partial charge on any atom is 0.240 e. The summed E-state index contributed by atoms with van der Waals surface area (Å²) in [5, 5.41) is 11.4. The normalized spacial score (nSPS) is 12.9. The van der Waals surface area contributed by atoms with Gasteiger partial charge in [0, 0.05) is 24.8 Å². The number of aromatic nitrogens is 4. The van der Waals surface area contributed by atoms with Gasteiger partial charge in [0.25, 0.3) is 0 Å². The van der Waals surface area contributed by atoms with Gasteiger partial charge in [-0.05, 0) is 20.8 Å². The van der Waals surface area contributed by atoms with Crippen LogP contribution in [0.3, 0.4) is 0 Å². The largest absolute Gasteiger partial charge is 0.338 e. The molecule has 2 aromatic heterocycles. The van der Waals surface area contributed by atoms with Crippen molar-refractivity contribution in [2.24, 2.45) is 7.05 Å². The average molecular weight is 235 g/mol. The molecule has 92 valence electrons. The van der Waals surface area contributed by atoms with Crippen molar-refractivity contribution in [3.05, 3.63) is 29.2 Å². The van der Waals surface area contributed by atoms with Crippen LogP contribution in [0.25, 0.3) is 0 Å². The molecule has 0 radical (unpaired) electrons. The molecule has 0 saturated carbocycles. The highest BCUT2D eigenvalue weighted by atomic mass is 16.5. The van der Waals surface area contributed by atoms with Gasteiger partial charge < -0.3 is 9.84 Å². The molecule has 2 rings (SSSR count). The Kier molecular flexibility index (Phi) is 3.23. The van der Waals surface area contributed by atoms with E-state index >= 15 is 0 Å². The number of aryl methyl sites for hydroxylation is 3. The fraction of sp³-hybridized carbons (Fsp3) is 0.545. The molecule has 17 heavy (non-hydrogen) atoms. The quantitative estimate of drug-likeness (QED) is 0.864. The van der Waals surface area contributed by atoms with E-state index in [0.29, 0.717) is 18.3 Å². The van der Waals surface area contributed by atoms with Gasteiger partial charge >= 0.3 is 0 Å². The summed E-state index contributed by atoms with van der Waals surface area (Å²) in [5.41, 5.74) is 2.22. The highest BCUT2D eigenvalue weighted by Crippen LogP contribution is 2.15. The van der Waals surface area contributed by atoms with Crippen LogP contribution in [0.1, 0.15) is 35.9 Å². The summed E-state index contributed by atoms with van der Waals surface area (Å²) in [6.07, 6.45) is 2.02. The summed E-state index contributed by atoms with van der Waals surface area (Å²) in [4.78, 5) is 4.14. The van der Waals surface area contributed by atoms with Gasteiger partial charge in [-0.3, -0.25) is 4.68 Å². The van der Waals surface area contributed by atoms with Crippen molar-refractivity contribution in [3.8, 4) is 0 Å². The SMILES string of the molecule is Cc1noc(CNC(C)c2cn(C)nc2C)n1. The minimum Gasteiger partial charge on any atom is -0.338 e. The van der Waals surface area contributed by atoms with Crippen LogP contribution in [0.2, 0.25) is 0 Å². The molecule has 0 aliphatic carbocycles. The van der Waals surface area contributed by atoms with Crippen LogP contribution >= 0.6 is 0 Å². The second-order valence-electron chi connectivity index (χ2n) is 4.18. The molecule has 0 fully saturated rings. The molecule has 0 amide bonds. The lowest BCUT2D eigenvalue weighted by Crippen LogP contribution is -2.18. The Balaban J connectivity index is 1.97. The topological polar surface area (TPSA) is 68.8 Å². The van der Waals surface area contributed by atoms with Crippen LogP contribution in [0.4, 0.5) is 0 Å². The molecular formula is C11H17N5O. The third kappa shape index (κ3) is 2.71. The monoisotopic (exact) mass is 235 g/mol. The molecule has 0 spiro atoms. The lowest BCUT2D eigenvalue weighted by molar-refractivity contribution is 0.357. The van der Waals surface area contributed by atoms with Crippen molar-refractivity contribution in [2.75, 3.05) is 0 Å². The van der Waals surface area contributed by atoms with Crippen molar-refractivity contribution in [3.63, 3.8) is 0 Å². The van der Waals surface area contributed by atoms with Crippen LogP contribution in [-0.4, -0.2) is 19.9 Å². The molecule has 0 bridgehead atoms. The van der Waals surface area contributed by atoms with E-state index in [1.54, 1.807) is 0 Å². The third-order valence-corrected chi connectivity index (χ3v) is 2.65. The van der Waals surface area contributed by atoms with Crippen LogP contribution in [0.15, 0.2) is 10.7 Å². The highest BCUT2D eigenvalue weighted by molar-refractivity contribution is 5.19. The van der Waals surface area contributed by atoms with E-state index in [-0.39, 0.29) is 6.04 Å². The second-order valence-corrected chi connectivity index (χ2v) is 4.18. The zero-order valence-corrected chi connectivity index (χ0v) is 10.6. The first kappa shape index (κ1) is 11.8. The summed E-state index contributed by atoms with van der Waals surface area (Å²) < 4.78 is 6.86. The molecule has 2 heterocycles. The van der Waals surface area contributed by atoms with Crippen LogP contribution < -0.4 is 5.32 Å². The van der Waals surface area contributed by atoms with E-state index in [1.807, 2.05) is 31.8 Å². The number of nitrogens with zero attached hydrogens (tertiary/aromatic N) is 4. The standard InChI is InChI=1S/C11H17N5O/c1-7(10-6-16(4)14-8(10)2)12-5-11-13-9(3)15-17-11/h6-7,12H,5H2,1-4H3. The molecule has 0 aromatic carbocycles. The first-order chi connectivity index (χ1) is 8.06. The van der Waals surface area contributed by atoms with Crippen LogP contribution in [0, 0.1) is 13.8 Å². The Bertz CT molecular complexity index is 502. The Morgan fingerprint density at radius 2 is 2.24 bits per heavy atom. The maximum atomic E-state index is 5.04. The molecule has 1 N–H and O–H groups in total. The smallest absolute Gasteiger partial charge is 0.240 e. The maximum absolute atomic E-state index is 5.04. The Hall–Kier alpha value is -1.69. The fourth-order valence-corrected chi connectivity index (χ4v) is 1.81. The number of rotatable bonds is 4. The predicted molar refractivity (Wildman–Crippen MR) is 62.2 cm³/mol. The van der Waals surface area contributed by atoms with Crippen molar-refractivity contribution in [1.82, 2.24) is 25.2 Å². The molecule has 1 atom stereocenters. The minimum atomic E-state index is 0.205. The van der Waals surface area contributed by atoms with Crippen LogP contribution in [-0.2, 0) is 13.6 Å². The molecule has 6 nitrogen and oxygen atoms in total. The Morgan fingerprint density at radius 1 is 1.47 bits per heavy atom. The summed E-state index contributed by atoms with van der Waals surface area (Å²) in [6, 6.07) is 0.205. The van der Waals surface area contributed by atoms with Crippen molar-refractivity contribution in [1.29, 1.82) is 0 Å². The van der Waals surface area contributed by atoms with Crippen molar-refractivity contribution < 1.29 is 4.52 Å². The van der Waals surface area contributed by atoms with Gasteiger partial charge in [0.15, 0.2) is 5.82 Å². The van der Waals surface area contributed by atoms with Gasteiger partial charge in [0.2, 0.25) is 5.89 Å². The molecule has 6 heteroatoms. The Morgan fingerprint density at radius 3 is 2.76 bits per heavy atom. The zero-order valence-electron chi connectivity index (χ0n) is 10.6. The zero-order chi connectivity index (χ0) is 12.4. The summed E-state index contributed by atoms with van der Waals surface area (Å²) in [7, 11) is 1.92. The second kappa shape index (κ2) is 4.67. The minimum absolute atomic E-state index is 0.205. The summed E-state index contributed by atoms with van der Waals surface area (Å²) >= 11 is 0. The molecule has 2 aromatic rings. The van der Waals surface area contributed by atoms with Gasteiger partial charge in [-0.25, -0.2) is 0 Å². The summed E-state index contributed by atoms with van der Waals surface area (Å²) in [5.74, 6) is 1.27. The van der Waals surface area contributed by atoms with E-state index < -0.39 is 0 Å². The lowest BCUT2D eigenvalue weighted by atomic mass is 10.1. The van der Waals surface area contributed by atoms with Gasteiger partial charge in [0.1, 0.15) is 0 Å². The van der Waals surface area contributed by atoms with E-state index in [4.69, 9.17) is 4.52 Å². The number of nitrogens with one attached hydrogen (secondary N) is 1. The van der Waals surface area contributed by atoms with Gasteiger partial charge in [-0.1, -0.05) is 5.16 Å². The van der Waals surface area contributed by atoms with Gasteiger partial charge in [-0.15, -0.1) is 0 Å². The van der Waals surface area contributed by atoms with Gasteiger partial charge in [-0.2, -0.15) is 10.1 Å². The molecule has 0 aliphatic heterocycles. The average Bonchev–Trinajstić information content (AvgIpc) is 2.81. The molecular weight excluding hydrogens is 218 g/mol. The van der Waals surface area contributed by atoms with Crippen molar-refractivity contribution >= 4 is 0 Å². The first-order valence-corrected chi connectivity index (χ1v) is 5.59. The predicted octanol–water partition coefficient (Wildman–Crippen LogP) is 1.27. The van der Waals surface area contributed by atoms with E-state index in [2.05, 4.69) is 27.5 Å². The van der Waals surface area contributed by atoms with E-state index in [9.17, 15) is 0 Å². The van der Waals surface area contributed by atoms with E-state index in [1.165, 1.54) is 5.56 Å². The number of hydrogen-bond donors (Lipinski definition) is 1. The lowest BCUT2D eigenvalue weighted by Gasteiger charge is -2.10. The first-order valence-electron chi connectivity index (χ1n) is 5.59. The summed E-state index contributed by atoms with van der Waals surface area (Å²) in [6.45, 7) is 6.47. The molecule has 0 aliphatic rings.